The molecule has 216 valence electrons. The second-order valence-electron chi connectivity index (χ2n) is 9.95. The zero-order valence-electron chi connectivity index (χ0n) is 24.3. The number of carbonyl (C=O) groups excluding carboxylic acids is 2. The summed E-state index contributed by atoms with van der Waals surface area (Å²) >= 11 is 0. The fourth-order valence-corrected chi connectivity index (χ4v) is 4.99. The van der Waals surface area contributed by atoms with E-state index in [9.17, 15) is 9.59 Å². The van der Waals surface area contributed by atoms with Gasteiger partial charge < -0.3 is 16.0 Å². The van der Waals surface area contributed by atoms with Gasteiger partial charge in [0.1, 0.15) is 5.71 Å². The molecule has 5 aromatic rings. The monoisotopic (exact) mass is 569 g/mol. The second-order valence-corrected chi connectivity index (χ2v) is 9.95. The number of hydrogen-bond donors (Lipinski definition) is 3. The lowest BCUT2D eigenvalue weighted by Crippen LogP contribution is -2.65. The predicted octanol–water partition coefficient (Wildman–Crippen LogP) is 6.44. The third-order valence-corrected chi connectivity index (χ3v) is 7.06. The van der Waals surface area contributed by atoms with Crippen molar-refractivity contribution in [2.75, 3.05) is 23.4 Å². The van der Waals surface area contributed by atoms with Crippen LogP contribution in [0.25, 0.3) is 10.8 Å². The van der Waals surface area contributed by atoms with Crippen molar-refractivity contribution in [3.63, 3.8) is 0 Å². The number of anilines is 2. The van der Waals surface area contributed by atoms with E-state index in [0.717, 1.165) is 29.4 Å². The topological polar surface area (TPSA) is 85.8 Å². The first-order valence-corrected chi connectivity index (χ1v) is 14.5. The molecular weight excluding hydrogens is 534 g/mol. The van der Waals surface area contributed by atoms with Gasteiger partial charge in [0.05, 0.1) is 5.69 Å². The Labute approximate surface area is 252 Å². The number of nitrogens with zero attached hydrogens (tertiary/aromatic N) is 2. The van der Waals surface area contributed by atoms with Gasteiger partial charge in [0.25, 0.3) is 5.91 Å². The number of para-hydroxylation sites is 2. The molecule has 0 aliphatic carbocycles. The van der Waals surface area contributed by atoms with Crippen molar-refractivity contribution >= 4 is 39.7 Å². The molecule has 1 aliphatic rings. The van der Waals surface area contributed by atoms with Crippen molar-refractivity contribution in [1.82, 2.24) is 10.6 Å². The Morgan fingerprint density at radius 3 is 1.95 bits per heavy atom. The van der Waals surface area contributed by atoms with Crippen LogP contribution in [0.3, 0.4) is 0 Å². The van der Waals surface area contributed by atoms with Gasteiger partial charge in [-0.1, -0.05) is 111 Å². The van der Waals surface area contributed by atoms with Gasteiger partial charge >= 0.3 is 5.91 Å². The number of hydrogen-bond acceptors (Lipinski definition) is 5. The van der Waals surface area contributed by atoms with Gasteiger partial charge in [-0.3, -0.25) is 9.59 Å². The summed E-state index contributed by atoms with van der Waals surface area (Å²) in [4.78, 5) is 28.1. The van der Waals surface area contributed by atoms with Crippen LogP contribution < -0.4 is 21.0 Å². The van der Waals surface area contributed by atoms with Crippen molar-refractivity contribution in [3.8, 4) is 0 Å². The zero-order chi connectivity index (χ0) is 30.1. The van der Waals surface area contributed by atoms with Crippen LogP contribution in [0.2, 0.25) is 0 Å². The smallest absolute Gasteiger partial charge is 0.300 e. The fourth-order valence-electron chi connectivity index (χ4n) is 4.99. The van der Waals surface area contributed by atoms with Gasteiger partial charge in [-0.25, -0.2) is 0 Å². The molecule has 0 saturated carbocycles. The van der Waals surface area contributed by atoms with Crippen molar-refractivity contribution in [3.05, 3.63) is 145 Å². The van der Waals surface area contributed by atoms with E-state index in [-0.39, 0.29) is 0 Å². The highest BCUT2D eigenvalue weighted by molar-refractivity contribution is 6.33. The number of rotatable bonds is 8. The first kappa shape index (κ1) is 29.2. The van der Waals surface area contributed by atoms with Crippen LogP contribution in [0.15, 0.2) is 139 Å². The molecule has 1 aliphatic heterocycles. The van der Waals surface area contributed by atoms with Crippen LogP contribution in [-0.4, -0.2) is 36.3 Å². The van der Waals surface area contributed by atoms with E-state index in [4.69, 9.17) is 5.10 Å². The summed E-state index contributed by atoms with van der Waals surface area (Å²) in [6.07, 6.45) is 0. The van der Waals surface area contributed by atoms with E-state index in [1.807, 2.05) is 109 Å². The standard InChI is InChI=1S/C32H24N4O2.C4H11N/c37-30(24-14-4-1-5-15-24)34-32(33-25-17-6-2-7-18-25)29(28-22-12-16-23-13-10-11-21-27(23)28)35-36(31(32)38)26-19-8-3-9-20-26;1-3-5-4-2/h1-22,33H,(H,34,37);5H,3-4H2,1-2H3. The highest BCUT2D eigenvalue weighted by Gasteiger charge is 2.54. The summed E-state index contributed by atoms with van der Waals surface area (Å²) in [5.74, 6) is -0.815. The first-order valence-electron chi connectivity index (χ1n) is 14.5. The maximum atomic E-state index is 14.5. The normalized spacial score (nSPS) is 15.8. The average molecular weight is 570 g/mol. The molecule has 7 nitrogen and oxygen atoms in total. The summed E-state index contributed by atoms with van der Waals surface area (Å²) in [5.41, 5.74) is 1.15. The highest BCUT2D eigenvalue weighted by atomic mass is 16.2. The maximum Gasteiger partial charge on any atom is 0.300 e. The highest BCUT2D eigenvalue weighted by Crippen LogP contribution is 2.33. The minimum atomic E-state index is -1.69. The molecule has 0 fully saturated rings. The Morgan fingerprint density at radius 2 is 1.30 bits per heavy atom. The van der Waals surface area contributed by atoms with Gasteiger partial charge in [0, 0.05) is 16.8 Å². The first-order chi connectivity index (χ1) is 21.1. The van der Waals surface area contributed by atoms with Gasteiger partial charge in [-0.15, -0.1) is 0 Å². The van der Waals surface area contributed by atoms with Crippen LogP contribution >= 0.6 is 0 Å². The molecule has 1 heterocycles. The lowest BCUT2D eigenvalue weighted by molar-refractivity contribution is -0.120. The molecule has 1 unspecified atom stereocenters. The summed E-state index contributed by atoms with van der Waals surface area (Å²) in [6, 6.07) is 41.2. The fraction of sp³-hybridized carbons (Fsp3) is 0.139. The van der Waals surface area contributed by atoms with Crippen LogP contribution in [0.5, 0.6) is 0 Å². The molecular formula is C36H35N5O2. The average Bonchev–Trinajstić information content (AvgIpc) is 3.33. The molecule has 2 amide bonds. The van der Waals surface area contributed by atoms with E-state index in [1.54, 1.807) is 24.3 Å². The summed E-state index contributed by atoms with van der Waals surface area (Å²) in [6.45, 7) is 6.39. The molecule has 0 saturated heterocycles. The van der Waals surface area contributed by atoms with E-state index >= 15 is 0 Å². The van der Waals surface area contributed by atoms with Crippen LogP contribution in [0.1, 0.15) is 29.8 Å². The Balaban J connectivity index is 0.000000682. The van der Waals surface area contributed by atoms with Crippen molar-refractivity contribution in [2.45, 2.75) is 19.5 Å². The molecule has 0 bridgehead atoms. The second kappa shape index (κ2) is 13.6. The summed E-state index contributed by atoms with van der Waals surface area (Å²) in [7, 11) is 0. The minimum Gasteiger partial charge on any atom is -0.350 e. The Morgan fingerprint density at radius 1 is 0.721 bits per heavy atom. The van der Waals surface area contributed by atoms with Crippen molar-refractivity contribution < 1.29 is 9.59 Å². The van der Waals surface area contributed by atoms with Gasteiger partial charge in [0.2, 0.25) is 5.66 Å². The van der Waals surface area contributed by atoms with E-state index in [1.165, 1.54) is 5.01 Å². The lowest BCUT2D eigenvalue weighted by atomic mass is 9.91. The number of fused-ring (bicyclic) bond motifs is 1. The molecule has 1 atom stereocenters. The molecule has 5 aromatic carbocycles. The van der Waals surface area contributed by atoms with Crippen molar-refractivity contribution in [2.24, 2.45) is 5.10 Å². The Hall–Kier alpha value is -5.27. The predicted molar refractivity (Wildman–Crippen MR) is 175 cm³/mol. The van der Waals surface area contributed by atoms with E-state index in [2.05, 4.69) is 29.8 Å². The molecule has 0 spiro atoms. The number of carbonyl (C=O) groups is 2. The molecule has 7 heteroatoms. The Kier molecular flexibility index (Phi) is 9.24. The molecule has 0 aromatic heterocycles. The quantitative estimate of drug-likeness (QED) is 0.188. The van der Waals surface area contributed by atoms with E-state index < -0.39 is 17.5 Å². The molecule has 6 rings (SSSR count). The van der Waals surface area contributed by atoms with Crippen LogP contribution in [-0.2, 0) is 4.79 Å². The van der Waals surface area contributed by atoms with Gasteiger partial charge in [-0.05, 0) is 60.3 Å². The van der Waals surface area contributed by atoms with Crippen LogP contribution in [0.4, 0.5) is 11.4 Å². The van der Waals surface area contributed by atoms with Gasteiger partial charge in [-0.2, -0.15) is 10.1 Å². The maximum absolute atomic E-state index is 14.5. The summed E-state index contributed by atoms with van der Waals surface area (Å²) in [5, 5.41) is 17.7. The number of benzene rings is 5. The minimum absolute atomic E-state index is 0.398. The molecule has 0 radical (unpaired) electrons. The third kappa shape index (κ3) is 6.32. The largest absolute Gasteiger partial charge is 0.350 e. The SMILES string of the molecule is CCNCC.O=C(NC1(Nc2ccccc2)C(=O)N(c2ccccc2)N=C1c1cccc2ccccc12)c1ccccc1. The summed E-state index contributed by atoms with van der Waals surface area (Å²) < 4.78 is 0. The number of hydrazone groups is 1. The lowest BCUT2D eigenvalue weighted by Gasteiger charge is -2.32. The zero-order valence-corrected chi connectivity index (χ0v) is 24.3. The van der Waals surface area contributed by atoms with E-state index in [0.29, 0.717) is 22.6 Å². The molecule has 3 N–H and O–H groups in total. The Bertz CT molecular complexity index is 1700. The van der Waals surface area contributed by atoms with Crippen LogP contribution in [0, 0.1) is 0 Å². The number of amides is 2. The third-order valence-electron chi connectivity index (χ3n) is 7.06. The number of nitrogens with one attached hydrogen (secondary N) is 3. The van der Waals surface area contributed by atoms with Gasteiger partial charge in [0.15, 0.2) is 0 Å². The van der Waals surface area contributed by atoms with Crippen molar-refractivity contribution in [1.29, 1.82) is 0 Å². The molecule has 43 heavy (non-hydrogen) atoms.